The van der Waals surface area contributed by atoms with Gasteiger partial charge in [-0.2, -0.15) is 0 Å². The Hall–Kier alpha value is -2.89. The van der Waals surface area contributed by atoms with E-state index in [1.54, 1.807) is 0 Å². The third-order valence-electron chi connectivity index (χ3n) is 4.98. The topological polar surface area (TPSA) is 54.0 Å². The fourth-order valence-corrected chi connectivity index (χ4v) is 3.34. The van der Waals surface area contributed by atoms with Crippen molar-refractivity contribution >= 4 is 11.7 Å². The Balaban J connectivity index is 1.30. The van der Waals surface area contributed by atoms with Crippen LogP contribution in [0.4, 0.5) is 10.5 Å². The van der Waals surface area contributed by atoms with Crippen LogP contribution >= 0.6 is 0 Å². The first-order chi connectivity index (χ1) is 12.7. The molecule has 1 N–H and O–H groups in total. The van der Waals surface area contributed by atoms with Crippen molar-refractivity contribution in [2.24, 2.45) is 0 Å². The Morgan fingerprint density at radius 3 is 2.62 bits per heavy atom. The van der Waals surface area contributed by atoms with Crippen molar-refractivity contribution in [3.05, 3.63) is 53.6 Å². The lowest BCUT2D eigenvalue weighted by Gasteiger charge is -2.36. The summed E-state index contributed by atoms with van der Waals surface area (Å²) in [4.78, 5) is 16.6. The van der Waals surface area contributed by atoms with Crippen LogP contribution in [-0.4, -0.2) is 43.9 Å². The van der Waals surface area contributed by atoms with Crippen molar-refractivity contribution in [2.75, 3.05) is 37.9 Å². The van der Waals surface area contributed by atoms with Crippen molar-refractivity contribution in [1.82, 2.24) is 10.2 Å². The molecule has 0 aliphatic carbocycles. The first-order valence-corrected chi connectivity index (χ1v) is 8.92. The van der Waals surface area contributed by atoms with Crippen LogP contribution < -0.4 is 19.7 Å². The number of rotatable bonds is 3. The molecule has 2 aromatic carbocycles. The molecule has 0 atom stereocenters. The molecule has 0 unspecified atom stereocenters. The van der Waals surface area contributed by atoms with E-state index in [-0.39, 0.29) is 12.8 Å². The Labute approximate surface area is 153 Å². The molecule has 1 fully saturated rings. The minimum atomic E-state index is -0.00131. The zero-order chi connectivity index (χ0) is 17.9. The van der Waals surface area contributed by atoms with Gasteiger partial charge in [-0.05, 0) is 30.2 Å². The summed E-state index contributed by atoms with van der Waals surface area (Å²) in [6, 6.07) is 14.1. The van der Waals surface area contributed by atoms with Crippen LogP contribution in [0.1, 0.15) is 11.1 Å². The van der Waals surface area contributed by atoms with Gasteiger partial charge in [0.1, 0.15) is 0 Å². The third kappa shape index (κ3) is 3.40. The first-order valence-electron chi connectivity index (χ1n) is 8.92. The molecule has 4 rings (SSSR count). The summed E-state index contributed by atoms with van der Waals surface area (Å²) >= 11 is 0. The van der Waals surface area contributed by atoms with Crippen LogP contribution in [0.3, 0.4) is 0 Å². The summed E-state index contributed by atoms with van der Waals surface area (Å²) in [5, 5.41) is 3.03. The number of nitrogens with one attached hydrogen (secondary N) is 1. The number of aryl methyl sites for hydroxylation is 1. The average Bonchev–Trinajstić information content (AvgIpc) is 3.15. The van der Waals surface area contributed by atoms with Crippen molar-refractivity contribution in [1.29, 1.82) is 0 Å². The fraction of sp³-hybridized carbons (Fsp3) is 0.350. The SMILES string of the molecule is Cc1ccccc1CNC(=O)N1CCN(c2ccc3c(c2)OCO3)CC1. The number of benzene rings is 2. The van der Waals surface area contributed by atoms with Crippen LogP contribution in [0, 0.1) is 6.92 Å². The Morgan fingerprint density at radius 1 is 1.04 bits per heavy atom. The lowest BCUT2D eigenvalue weighted by atomic mass is 10.1. The van der Waals surface area contributed by atoms with Gasteiger partial charge >= 0.3 is 6.03 Å². The Kier molecular flexibility index (Phi) is 4.56. The highest BCUT2D eigenvalue weighted by atomic mass is 16.7. The Bertz CT molecular complexity index is 801. The zero-order valence-electron chi connectivity index (χ0n) is 14.9. The van der Waals surface area contributed by atoms with Gasteiger partial charge in [-0.15, -0.1) is 0 Å². The molecule has 0 saturated carbocycles. The second-order valence-electron chi connectivity index (χ2n) is 6.60. The summed E-state index contributed by atoms with van der Waals surface area (Å²) in [6.45, 7) is 5.92. The van der Waals surface area contributed by atoms with Gasteiger partial charge in [-0.25, -0.2) is 4.79 Å². The van der Waals surface area contributed by atoms with E-state index in [9.17, 15) is 4.79 Å². The monoisotopic (exact) mass is 353 g/mol. The van der Waals surface area contributed by atoms with E-state index in [0.717, 1.165) is 35.8 Å². The zero-order valence-corrected chi connectivity index (χ0v) is 14.9. The highest BCUT2D eigenvalue weighted by Crippen LogP contribution is 2.35. The minimum absolute atomic E-state index is 0.00131. The number of ether oxygens (including phenoxy) is 2. The summed E-state index contributed by atoms with van der Waals surface area (Å²) < 4.78 is 10.8. The standard InChI is InChI=1S/C20H23N3O3/c1-15-4-2-3-5-16(15)13-21-20(24)23-10-8-22(9-11-23)17-6-7-18-19(12-17)26-14-25-18/h2-7,12H,8-11,13-14H2,1H3,(H,21,24). The van der Waals surface area contributed by atoms with Crippen molar-refractivity contribution in [3.63, 3.8) is 0 Å². The maximum atomic E-state index is 12.4. The summed E-state index contributed by atoms with van der Waals surface area (Å²) in [6.07, 6.45) is 0. The number of anilines is 1. The molecule has 6 nitrogen and oxygen atoms in total. The Morgan fingerprint density at radius 2 is 1.81 bits per heavy atom. The van der Waals surface area contributed by atoms with Gasteiger partial charge in [0.25, 0.3) is 0 Å². The number of fused-ring (bicyclic) bond motifs is 1. The van der Waals surface area contributed by atoms with Gasteiger partial charge in [0.2, 0.25) is 6.79 Å². The van der Waals surface area contributed by atoms with E-state index in [2.05, 4.69) is 23.2 Å². The molecule has 1 saturated heterocycles. The molecule has 6 heteroatoms. The van der Waals surface area contributed by atoms with Gasteiger partial charge in [0.05, 0.1) is 0 Å². The molecule has 2 aromatic rings. The van der Waals surface area contributed by atoms with Gasteiger partial charge in [-0.3, -0.25) is 0 Å². The molecule has 0 radical (unpaired) electrons. The minimum Gasteiger partial charge on any atom is -0.454 e. The predicted octanol–water partition coefficient (Wildman–Crippen LogP) is 2.76. The molecular formula is C20H23N3O3. The van der Waals surface area contributed by atoms with Crippen LogP contribution in [0.25, 0.3) is 0 Å². The van der Waals surface area contributed by atoms with Gasteiger partial charge in [0.15, 0.2) is 11.5 Å². The lowest BCUT2D eigenvalue weighted by molar-refractivity contribution is 0.174. The van der Waals surface area contributed by atoms with E-state index in [4.69, 9.17) is 9.47 Å². The molecular weight excluding hydrogens is 330 g/mol. The first kappa shape index (κ1) is 16.6. The number of urea groups is 1. The van der Waals surface area contributed by atoms with E-state index in [0.29, 0.717) is 19.6 Å². The number of amides is 2. The highest BCUT2D eigenvalue weighted by Gasteiger charge is 2.23. The predicted molar refractivity (Wildman–Crippen MR) is 99.8 cm³/mol. The molecule has 136 valence electrons. The van der Waals surface area contributed by atoms with Crippen LogP contribution in [0.2, 0.25) is 0 Å². The van der Waals surface area contributed by atoms with Gasteiger partial charge < -0.3 is 24.6 Å². The van der Waals surface area contributed by atoms with Crippen LogP contribution in [-0.2, 0) is 6.54 Å². The number of carbonyl (C=O) groups excluding carboxylic acids is 1. The molecule has 2 heterocycles. The number of carbonyl (C=O) groups is 1. The van der Waals surface area contributed by atoms with Crippen molar-refractivity contribution < 1.29 is 14.3 Å². The van der Waals surface area contributed by atoms with Crippen LogP contribution in [0.5, 0.6) is 11.5 Å². The smallest absolute Gasteiger partial charge is 0.317 e. The second kappa shape index (κ2) is 7.15. The second-order valence-corrected chi connectivity index (χ2v) is 6.60. The fourth-order valence-electron chi connectivity index (χ4n) is 3.34. The summed E-state index contributed by atoms with van der Waals surface area (Å²) in [5.41, 5.74) is 3.45. The average molecular weight is 353 g/mol. The normalized spacial score (nSPS) is 15.9. The highest BCUT2D eigenvalue weighted by molar-refractivity contribution is 5.74. The quantitative estimate of drug-likeness (QED) is 0.922. The number of piperazine rings is 1. The molecule has 2 amide bonds. The van der Waals surface area contributed by atoms with E-state index in [1.165, 1.54) is 5.56 Å². The largest absolute Gasteiger partial charge is 0.454 e. The molecule has 2 aliphatic rings. The summed E-state index contributed by atoms with van der Waals surface area (Å²) in [5.74, 6) is 1.59. The van der Waals surface area contributed by atoms with E-state index < -0.39 is 0 Å². The maximum Gasteiger partial charge on any atom is 0.317 e. The van der Waals surface area contributed by atoms with E-state index >= 15 is 0 Å². The number of hydrogen-bond donors (Lipinski definition) is 1. The van der Waals surface area contributed by atoms with Gasteiger partial charge in [0, 0.05) is 44.5 Å². The molecule has 2 aliphatic heterocycles. The van der Waals surface area contributed by atoms with Crippen LogP contribution in [0.15, 0.2) is 42.5 Å². The molecule has 0 aromatic heterocycles. The molecule has 0 spiro atoms. The van der Waals surface area contributed by atoms with E-state index in [1.807, 2.05) is 41.3 Å². The van der Waals surface area contributed by atoms with Crippen molar-refractivity contribution in [3.8, 4) is 11.5 Å². The molecule has 26 heavy (non-hydrogen) atoms. The number of nitrogens with zero attached hydrogens (tertiary/aromatic N) is 2. The number of hydrogen-bond acceptors (Lipinski definition) is 4. The maximum absolute atomic E-state index is 12.4. The lowest BCUT2D eigenvalue weighted by Crippen LogP contribution is -2.51. The van der Waals surface area contributed by atoms with Crippen molar-refractivity contribution in [2.45, 2.75) is 13.5 Å². The summed E-state index contributed by atoms with van der Waals surface area (Å²) in [7, 11) is 0. The molecule has 0 bridgehead atoms. The van der Waals surface area contributed by atoms with Gasteiger partial charge in [-0.1, -0.05) is 24.3 Å². The third-order valence-corrected chi connectivity index (χ3v) is 4.98.